The van der Waals surface area contributed by atoms with E-state index in [1.807, 2.05) is 32.0 Å². The predicted molar refractivity (Wildman–Crippen MR) is 98.4 cm³/mol. The molecule has 1 saturated heterocycles. The lowest BCUT2D eigenvalue weighted by Crippen LogP contribution is -2.49. The number of piperidine rings is 1. The van der Waals surface area contributed by atoms with Gasteiger partial charge in [-0.15, -0.1) is 0 Å². The summed E-state index contributed by atoms with van der Waals surface area (Å²) in [6, 6.07) is 7.88. The third-order valence-electron chi connectivity index (χ3n) is 5.26. The molecule has 2 N–H and O–H groups in total. The largest absolute Gasteiger partial charge is 0.481 e. The number of nitrogens with one attached hydrogen (secondary N) is 1. The molecule has 0 radical (unpaired) electrons. The average Bonchev–Trinajstić information content (AvgIpc) is 2.59. The van der Waals surface area contributed by atoms with Crippen molar-refractivity contribution in [3.63, 3.8) is 0 Å². The Balaban J connectivity index is 1.90. The molecule has 1 fully saturated rings. The van der Waals surface area contributed by atoms with E-state index in [0.717, 1.165) is 31.5 Å². The van der Waals surface area contributed by atoms with Gasteiger partial charge in [-0.2, -0.15) is 0 Å². The molecule has 0 bridgehead atoms. The molecule has 0 spiro atoms. The van der Waals surface area contributed by atoms with E-state index < -0.39 is 5.97 Å². The highest BCUT2D eigenvalue weighted by molar-refractivity contribution is 5.81. The Hall–Kier alpha value is -1.88. The van der Waals surface area contributed by atoms with Crippen LogP contribution in [0.15, 0.2) is 24.3 Å². The Morgan fingerprint density at radius 2 is 2.04 bits per heavy atom. The van der Waals surface area contributed by atoms with Gasteiger partial charge in [-0.1, -0.05) is 24.3 Å². The van der Waals surface area contributed by atoms with Crippen molar-refractivity contribution in [2.24, 2.45) is 5.92 Å². The number of aryl methyl sites for hydroxylation is 1. The second kappa shape index (κ2) is 8.99. The number of carbonyl (C=O) groups is 2. The van der Waals surface area contributed by atoms with Gasteiger partial charge in [0.15, 0.2) is 0 Å². The molecule has 0 aliphatic carbocycles. The maximum Gasteiger partial charge on any atom is 0.303 e. The first kappa shape index (κ1) is 19.4. The number of hydrogen-bond donors (Lipinski definition) is 2. The summed E-state index contributed by atoms with van der Waals surface area (Å²) in [6.07, 6.45) is 2.98. The van der Waals surface area contributed by atoms with Gasteiger partial charge in [-0.25, -0.2) is 0 Å². The van der Waals surface area contributed by atoms with Crippen LogP contribution in [0, 0.1) is 12.8 Å². The number of carbonyl (C=O) groups excluding carboxylic acids is 1. The quantitative estimate of drug-likeness (QED) is 0.796. The Kier molecular flexibility index (Phi) is 7.00. The van der Waals surface area contributed by atoms with Crippen LogP contribution in [0.1, 0.15) is 56.7 Å². The average molecular weight is 346 g/mol. The molecule has 3 unspecified atom stereocenters. The summed E-state index contributed by atoms with van der Waals surface area (Å²) >= 11 is 0. The summed E-state index contributed by atoms with van der Waals surface area (Å²) in [5, 5.41) is 12.0. The van der Waals surface area contributed by atoms with Crippen molar-refractivity contribution in [3.05, 3.63) is 35.4 Å². The monoisotopic (exact) mass is 346 g/mol. The maximum absolute atomic E-state index is 12.7. The summed E-state index contributed by atoms with van der Waals surface area (Å²) in [4.78, 5) is 25.6. The molecule has 1 heterocycles. The summed E-state index contributed by atoms with van der Waals surface area (Å²) in [5.74, 6) is -0.335. The third kappa shape index (κ3) is 5.56. The van der Waals surface area contributed by atoms with Gasteiger partial charge in [0, 0.05) is 13.0 Å². The van der Waals surface area contributed by atoms with Gasteiger partial charge in [0.05, 0.1) is 12.1 Å². The second-order valence-corrected chi connectivity index (χ2v) is 7.20. The van der Waals surface area contributed by atoms with E-state index in [4.69, 9.17) is 5.11 Å². The van der Waals surface area contributed by atoms with Crippen LogP contribution in [0.3, 0.4) is 0 Å². The number of rotatable bonds is 7. The Labute approximate surface area is 150 Å². The Bertz CT molecular complexity index is 602. The van der Waals surface area contributed by atoms with Crippen molar-refractivity contribution in [1.82, 2.24) is 10.2 Å². The van der Waals surface area contributed by atoms with Crippen LogP contribution in [0.25, 0.3) is 0 Å². The molecule has 5 nitrogen and oxygen atoms in total. The SMILES string of the molecule is Cc1ccccc1C(C)NC(=O)C(C)N1CCCC(CCC(=O)O)C1. The Morgan fingerprint density at radius 1 is 1.32 bits per heavy atom. The number of carboxylic acids is 1. The van der Waals surface area contributed by atoms with Crippen LogP contribution in [0.4, 0.5) is 0 Å². The van der Waals surface area contributed by atoms with Gasteiger partial charge in [0.2, 0.25) is 5.91 Å². The van der Waals surface area contributed by atoms with Crippen LogP contribution >= 0.6 is 0 Å². The molecule has 1 aliphatic heterocycles. The van der Waals surface area contributed by atoms with Crippen molar-refractivity contribution in [2.45, 2.75) is 58.5 Å². The molecule has 2 rings (SSSR count). The van der Waals surface area contributed by atoms with Crippen LogP contribution in [0.5, 0.6) is 0 Å². The van der Waals surface area contributed by atoms with Crippen LogP contribution in [-0.4, -0.2) is 41.0 Å². The minimum Gasteiger partial charge on any atom is -0.481 e. The molecule has 0 saturated carbocycles. The second-order valence-electron chi connectivity index (χ2n) is 7.20. The molecule has 138 valence electrons. The molecule has 25 heavy (non-hydrogen) atoms. The molecule has 1 aromatic rings. The lowest BCUT2D eigenvalue weighted by molar-refractivity contribution is -0.137. The van der Waals surface area contributed by atoms with Crippen LogP contribution in [-0.2, 0) is 9.59 Å². The molecular weight excluding hydrogens is 316 g/mol. The number of nitrogens with zero attached hydrogens (tertiary/aromatic N) is 1. The topological polar surface area (TPSA) is 69.6 Å². The van der Waals surface area contributed by atoms with E-state index in [1.165, 1.54) is 5.56 Å². The fourth-order valence-corrected chi connectivity index (χ4v) is 3.66. The minimum absolute atomic E-state index is 0.0243. The first-order valence-electron chi connectivity index (χ1n) is 9.20. The molecule has 1 aliphatic rings. The number of likely N-dealkylation sites (tertiary alicyclic amines) is 1. The fraction of sp³-hybridized carbons (Fsp3) is 0.600. The minimum atomic E-state index is -0.741. The number of aliphatic carboxylic acids is 1. The van der Waals surface area contributed by atoms with Gasteiger partial charge in [-0.05, 0) is 63.6 Å². The predicted octanol–water partition coefficient (Wildman–Crippen LogP) is 3.14. The number of carboxylic acid groups (broad SMARTS) is 1. The molecule has 1 aromatic carbocycles. The number of hydrogen-bond acceptors (Lipinski definition) is 3. The number of benzene rings is 1. The first-order chi connectivity index (χ1) is 11.9. The third-order valence-corrected chi connectivity index (χ3v) is 5.26. The smallest absolute Gasteiger partial charge is 0.303 e. The zero-order chi connectivity index (χ0) is 18.4. The van der Waals surface area contributed by atoms with Crippen molar-refractivity contribution in [1.29, 1.82) is 0 Å². The molecular formula is C20H30N2O3. The van der Waals surface area contributed by atoms with E-state index in [9.17, 15) is 9.59 Å². The van der Waals surface area contributed by atoms with E-state index in [1.54, 1.807) is 0 Å². The first-order valence-corrected chi connectivity index (χ1v) is 9.20. The molecule has 0 aromatic heterocycles. The molecule has 1 amide bonds. The van der Waals surface area contributed by atoms with Crippen molar-refractivity contribution < 1.29 is 14.7 Å². The lowest BCUT2D eigenvalue weighted by atomic mass is 9.92. The highest BCUT2D eigenvalue weighted by Gasteiger charge is 2.28. The van der Waals surface area contributed by atoms with Crippen LogP contribution < -0.4 is 5.32 Å². The van der Waals surface area contributed by atoms with Gasteiger partial charge >= 0.3 is 5.97 Å². The van der Waals surface area contributed by atoms with Crippen molar-refractivity contribution in [3.8, 4) is 0 Å². The molecule has 3 atom stereocenters. The Morgan fingerprint density at radius 3 is 2.72 bits per heavy atom. The standard InChI is InChI=1S/C20H30N2O3/c1-14-7-4-5-9-18(14)15(2)21-20(25)16(3)22-12-6-8-17(13-22)10-11-19(23)24/h4-5,7,9,15-17H,6,8,10-13H2,1-3H3,(H,21,25)(H,23,24). The van der Waals surface area contributed by atoms with Crippen molar-refractivity contribution in [2.75, 3.05) is 13.1 Å². The number of amides is 1. The highest BCUT2D eigenvalue weighted by Crippen LogP contribution is 2.23. The molecule has 5 heteroatoms. The van der Waals surface area contributed by atoms with E-state index in [2.05, 4.69) is 23.2 Å². The zero-order valence-electron chi connectivity index (χ0n) is 15.5. The maximum atomic E-state index is 12.7. The summed E-state index contributed by atoms with van der Waals surface area (Å²) in [5.41, 5.74) is 2.32. The van der Waals surface area contributed by atoms with Gasteiger partial charge in [-0.3, -0.25) is 14.5 Å². The van der Waals surface area contributed by atoms with E-state index in [0.29, 0.717) is 12.3 Å². The fourth-order valence-electron chi connectivity index (χ4n) is 3.66. The van der Waals surface area contributed by atoms with E-state index >= 15 is 0 Å². The normalized spacial score (nSPS) is 20.7. The van der Waals surface area contributed by atoms with Gasteiger partial charge in [0.25, 0.3) is 0 Å². The summed E-state index contributed by atoms with van der Waals surface area (Å²) in [6.45, 7) is 7.72. The van der Waals surface area contributed by atoms with Gasteiger partial charge < -0.3 is 10.4 Å². The van der Waals surface area contributed by atoms with Gasteiger partial charge in [0.1, 0.15) is 0 Å². The lowest BCUT2D eigenvalue weighted by Gasteiger charge is -2.36. The van der Waals surface area contributed by atoms with Crippen LogP contribution in [0.2, 0.25) is 0 Å². The van der Waals surface area contributed by atoms with Crippen molar-refractivity contribution >= 4 is 11.9 Å². The zero-order valence-corrected chi connectivity index (χ0v) is 15.5. The highest BCUT2D eigenvalue weighted by atomic mass is 16.4. The summed E-state index contributed by atoms with van der Waals surface area (Å²) < 4.78 is 0. The summed E-state index contributed by atoms with van der Waals surface area (Å²) in [7, 11) is 0. The van der Waals surface area contributed by atoms with E-state index in [-0.39, 0.29) is 24.4 Å².